The van der Waals surface area contributed by atoms with E-state index < -0.39 is 0 Å². The van der Waals surface area contributed by atoms with Crippen LogP contribution in [-0.2, 0) is 9.47 Å². The Morgan fingerprint density at radius 2 is 1.68 bits per heavy atom. The summed E-state index contributed by atoms with van der Waals surface area (Å²) in [5, 5.41) is 8.93. The fraction of sp³-hybridized carbons (Fsp3) is 1.00. The molecule has 0 aliphatic carbocycles. The first-order valence-corrected chi connectivity index (χ1v) is 7.87. The van der Waals surface area contributed by atoms with Gasteiger partial charge in [0.15, 0.2) is 0 Å². The topological polar surface area (TPSA) is 38.7 Å². The third-order valence-electron chi connectivity index (χ3n) is 3.16. The van der Waals surface area contributed by atoms with Crippen molar-refractivity contribution in [1.82, 2.24) is 0 Å². The molecule has 3 heteroatoms. The number of rotatable bonds is 12. The van der Waals surface area contributed by atoms with Crippen molar-refractivity contribution in [3.05, 3.63) is 0 Å². The van der Waals surface area contributed by atoms with Gasteiger partial charge in [0.2, 0.25) is 0 Å². The molecule has 0 amide bonds. The van der Waals surface area contributed by atoms with Crippen LogP contribution in [0.2, 0.25) is 0 Å². The lowest BCUT2D eigenvalue weighted by atomic mass is 10.0. The summed E-state index contributed by atoms with van der Waals surface area (Å²) in [5.74, 6) is 0.663. The molecule has 0 radical (unpaired) electrons. The highest BCUT2D eigenvalue weighted by Crippen LogP contribution is 2.17. The summed E-state index contributed by atoms with van der Waals surface area (Å²) in [6, 6.07) is 0. The average molecular weight is 274 g/mol. The number of hydrogen-bond donors (Lipinski definition) is 1. The van der Waals surface area contributed by atoms with Crippen LogP contribution in [0.1, 0.15) is 66.7 Å². The molecule has 19 heavy (non-hydrogen) atoms. The van der Waals surface area contributed by atoms with Crippen molar-refractivity contribution in [2.24, 2.45) is 5.92 Å². The van der Waals surface area contributed by atoms with Gasteiger partial charge in [-0.3, -0.25) is 0 Å². The molecule has 0 aliphatic heterocycles. The van der Waals surface area contributed by atoms with E-state index in [9.17, 15) is 0 Å². The summed E-state index contributed by atoms with van der Waals surface area (Å²) in [4.78, 5) is 0. The molecule has 1 N–H and O–H groups in total. The minimum Gasteiger partial charge on any atom is -0.394 e. The number of ether oxygens (including phenoxy) is 2. The first-order valence-electron chi connectivity index (χ1n) is 7.87. The summed E-state index contributed by atoms with van der Waals surface area (Å²) in [5.41, 5.74) is 0. The molecule has 0 fully saturated rings. The molecule has 3 unspecified atom stereocenters. The highest BCUT2D eigenvalue weighted by Gasteiger charge is 2.15. The van der Waals surface area contributed by atoms with Crippen molar-refractivity contribution in [2.75, 3.05) is 13.2 Å². The molecule has 0 aliphatic rings. The fourth-order valence-corrected chi connectivity index (χ4v) is 2.11. The molecule has 0 bridgehead atoms. The normalized spacial score (nSPS) is 16.6. The van der Waals surface area contributed by atoms with Crippen LogP contribution >= 0.6 is 0 Å². The zero-order chi connectivity index (χ0) is 14.7. The second-order valence-corrected chi connectivity index (χ2v) is 6.02. The Balaban J connectivity index is 3.99. The largest absolute Gasteiger partial charge is 0.394 e. The Morgan fingerprint density at radius 3 is 2.21 bits per heavy atom. The molecular weight excluding hydrogens is 240 g/mol. The first kappa shape index (κ1) is 18.9. The van der Waals surface area contributed by atoms with E-state index in [1.165, 1.54) is 19.3 Å². The molecule has 0 saturated carbocycles. The Kier molecular flexibility index (Phi) is 11.6. The van der Waals surface area contributed by atoms with Crippen molar-refractivity contribution < 1.29 is 14.6 Å². The molecule has 0 saturated heterocycles. The van der Waals surface area contributed by atoms with Gasteiger partial charge in [-0.1, -0.05) is 40.0 Å². The van der Waals surface area contributed by atoms with Crippen molar-refractivity contribution >= 4 is 0 Å². The van der Waals surface area contributed by atoms with Crippen molar-refractivity contribution in [3.8, 4) is 0 Å². The van der Waals surface area contributed by atoms with Crippen molar-refractivity contribution in [3.63, 3.8) is 0 Å². The maximum atomic E-state index is 8.93. The standard InChI is InChI=1S/C16H34O3/c1-6-7-8-9-16(10-13(2)3)19-15(5)12-18-14(4)11-17/h13-17H,6-12H2,1-5H3. The molecule has 0 heterocycles. The van der Waals surface area contributed by atoms with Crippen molar-refractivity contribution in [2.45, 2.75) is 85.0 Å². The smallest absolute Gasteiger partial charge is 0.0784 e. The average Bonchev–Trinajstić information content (AvgIpc) is 2.35. The predicted octanol–water partition coefficient (Wildman–Crippen LogP) is 3.78. The lowest BCUT2D eigenvalue weighted by molar-refractivity contribution is -0.0791. The minimum absolute atomic E-state index is 0.0681. The van der Waals surface area contributed by atoms with Gasteiger partial charge in [0.25, 0.3) is 0 Å². The van der Waals surface area contributed by atoms with Crippen LogP contribution in [0.25, 0.3) is 0 Å². The molecule has 0 aromatic carbocycles. The van der Waals surface area contributed by atoms with Crippen LogP contribution in [0.3, 0.4) is 0 Å². The van der Waals surface area contributed by atoms with E-state index in [4.69, 9.17) is 14.6 Å². The monoisotopic (exact) mass is 274 g/mol. The van der Waals surface area contributed by atoms with Crippen LogP contribution in [0, 0.1) is 5.92 Å². The molecule has 0 spiro atoms. The van der Waals surface area contributed by atoms with Gasteiger partial charge < -0.3 is 14.6 Å². The highest BCUT2D eigenvalue weighted by atomic mass is 16.5. The molecule has 0 aromatic rings. The molecule has 116 valence electrons. The van der Waals surface area contributed by atoms with Crippen LogP contribution in [-0.4, -0.2) is 36.6 Å². The van der Waals surface area contributed by atoms with E-state index in [1.54, 1.807) is 0 Å². The van der Waals surface area contributed by atoms with Crippen LogP contribution in [0.4, 0.5) is 0 Å². The zero-order valence-electron chi connectivity index (χ0n) is 13.5. The predicted molar refractivity (Wildman–Crippen MR) is 80.4 cm³/mol. The highest BCUT2D eigenvalue weighted by molar-refractivity contribution is 4.64. The Hall–Kier alpha value is -0.120. The summed E-state index contributed by atoms with van der Waals surface area (Å²) in [6.07, 6.45) is 6.37. The van der Waals surface area contributed by atoms with E-state index in [0.717, 1.165) is 12.8 Å². The Morgan fingerprint density at radius 1 is 1.00 bits per heavy atom. The zero-order valence-corrected chi connectivity index (χ0v) is 13.5. The van der Waals surface area contributed by atoms with E-state index in [2.05, 4.69) is 27.7 Å². The number of hydrogen-bond acceptors (Lipinski definition) is 3. The molecule has 0 rings (SSSR count). The number of unbranched alkanes of at least 4 members (excludes halogenated alkanes) is 2. The SMILES string of the molecule is CCCCCC(CC(C)C)OC(C)COC(C)CO. The summed E-state index contributed by atoms with van der Waals surface area (Å²) < 4.78 is 11.6. The lowest BCUT2D eigenvalue weighted by Crippen LogP contribution is -2.27. The Labute approximate surface area is 119 Å². The minimum atomic E-state index is -0.102. The van der Waals surface area contributed by atoms with Gasteiger partial charge >= 0.3 is 0 Å². The van der Waals surface area contributed by atoms with E-state index in [1.807, 2.05) is 6.92 Å². The maximum absolute atomic E-state index is 8.93. The van der Waals surface area contributed by atoms with E-state index in [-0.39, 0.29) is 18.8 Å². The van der Waals surface area contributed by atoms with Crippen LogP contribution in [0.5, 0.6) is 0 Å². The second-order valence-electron chi connectivity index (χ2n) is 6.02. The first-order chi connectivity index (χ1) is 8.99. The maximum Gasteiger partial charge on any atom is 0.0784 e. The Bertz CT molecular complexity index is 194. The number of aliphatic hydroxyl groups is 1. The van der Waals surface area contributed by atoms with E-state index >= 15 is 0 Å². The summed E-state index contributed by atoms with van der Waals surface area (Å²) >= 11 is 0. The second kappa shape index (κ2) is 11.7. The summed E-state index contributed by atoms with van der Waals surface area (Å²) in [6.45, 7) is 11.3. The van der Waals surface area contributed by atoms with Gasteiger partial charge in [0, 0.05) is 0 Å². The third kappa shape index (κ3) is 11.4. The number of aliphatic hydroxyl groups excluding tert-OH is 1. The van der Waals surface area contributed by atoms with Crippen LogP contribution < -0.4 is 0 Å². The quantitative estimate of drug-likeness (QED) is 0.550. The summed E-state index contributed by atoms with van der Waals surface area (Å²) in [7, 11) is 0. The van der Waals surface area contributed by atoms with Crippen molar-refractivity contribution in [1.29, 1.82) is 0 Å². The van der Waals surface area contributed by atoms with Gasteiger partial charge in [-0.2, -0.15) is 0 Å². The lowest BCUT2D eigenvalue weighted by Gasteiger charge is -2.25. The van der Waals surface area contributed by atoms with Gasteiger partial charge in [-0.25, -0.2) is 0 Å². The van der Waals surface area contributed by atoms with Crippen LogP contribution in [0.15, 0.2) is 0 Å². The molecule has 0 aromatic heterocycles. The van der Waals surface area contributed by atoms with Gasteiger partial charge in [-0.15, -0.1) is 0 Å². The fourth-order valence-electron chi connectivity index (χ4n) is 2.11. The van der Waals surface area contributed by atoms with E-state index in [0.29, 0.717) is 18.6 Å². The molecule has 3 nitrogen and oxygen atoms in total. The molecule has 3 atom stereocenters. The van der Waals surface area contributed by atoms with Gasteiger partial charge in [-0.05, 0) is 32.6 Å². The van der Waals surface area contributed by atoms with Gasteiger partial charge in [0.1, 0.15) is 0 Å². The van der Waals surface area contributed by atoms with Gasteiger partial charge in [0.05, 0.1) is 31.5 Å². The third-order valence-corrected chi connectivity index (χ3v) is 3.16. The molecular formula is C16H34O3.